The third kappa shape index (κ3) is 1.65. The van der Waals surface area contributed by atoms with Crippen LogP contribution in [0.25, 0.3) is 0 Å². The van der Waals surface area contributed by atoms with Crippen molar-refractivity contribution in [3.8, 4) is 0 Å². The van der Waals surface area contributed by atoms with Crippen molar-refractivity contribution >= 4 is 53.8 Å². The summed E-state index contributed by atoms with van der Waals surface area (Å²) in [6.45, 7) is 0. The Morgan fingerprint density at radius 1 is 0.562 bits per heavy atom. The molecule has 0 saturated carbocycles. The quantitative estimate of drug-likeness (QED) is 0.545. The van der Waals surface area contributed by atoms with Crippen molar-refractivity contribution in [1.82, 2.24) is 0 Å². The molecule has 0 aliphatic carbocycles. The van der Waals surface area contributed by atoms with Gasteiger partial charge in [0.1, 0.15) is 0 Å². The van der Waals surface area contributed by atoms with Gasteiger partial charge in [0.15, 0.2) is 0 Å². The van der Waals surface area contributed by atoms with E-state index >= 15 is 0 Å². The molecule has 0 fully saturated rings. The molecule has 2 aromatic carbocycles. The third-order valence-electron chi connectivity index (χ3n) is 3.47. The van der Waals surface area contributed by atoms with Crippen LogP contribution in [0.1, 0.15) is 0 Å². The zero-order valence-corrected chi connectivity index (χ0v) is 15.3. The van der Waals surface area contributed by atoms with E-state index < -0.39 is 39.5 Å². The van der Waals surface area contributed by atoms with Crippen molar-refractivity contribution in [1.29, 1.82) is 0 Å². The third-order valence-corrected chi connectivity index (χ3v) is 21.7. The van der Waals surface area contributed by atoms with Crippen LogP contribution in [0.3, 0.4) is 0 Å². The number of rotatable bonds is 0. The topological polar surface area (TPSA) is 0 Å². The second kappa shape index (κ2) is 4.37. The molecule has 0 nitrogen and oxygen atoms in total. The van der Waals surface area contributed by atoms with Crippen LogP contribution in [0, 0.1) is 0 Å². The van der Waals surface area contributed by atoms with Gasteiger partial charge in [-0.15, -0.1) is 0 Å². The summed E-state index contributed by atoms with van der Waals surface area (Å²) in [7, 11) is 0. The van der Waals surface area contributed by atoms with Crippen LogP contribution in [0.5, 0.6) is 0 Å². The van der Waals surface area contributed by atoms with Gasteiger partial charge in [0.2, 0.25) is 0 Å². The van der Waals surface area contributed by atoms with Crippen molar-refractivity contribution in [2.75, 3.05) is 0 Å². The number of benzene rings is 2. The van der Waals surface area contributed by atoms with Gasteiger partial charge in [-0.05, 0) is 0 Å². The van der Waals surface area contributed by atoms with Crippen LogP contribution in [0.2, 0.25) is 9.88 Å². The average Bonchev–Trinajstić information content (AvgIpc) is 2.36. The standard InChI is InChI=1S/2C6H4.2CH3.2Sn/c2*1-2-4-6-5-3-1;;;;/h2*1-4H;2*1H3;;/q;;;;2*-1. The predicted octanol–water partition coefficient (Wildman–Crippen LogP) is 0.478. The first-order chi connectivity index (χ1) is 7.79. The molecule has 0 unspecified atom stereocenters. The maximum absolute atomic E-state index is 2.54. The Balaban J connectivity index is 2.26. The molecule has 2 heteroatoms. The fourth-order valence-corrected chi connectivity index (χ4v) is 28.1. The molecular weight excluding hydrogens is 406 g/mol. The van der Waals surface area contributed by atoms with E-state index in [2.05, 4.69) is 58.4 Å². The zero-order valence-electron chi connectivity index (χ0n) is 9.62. The molecule has 3 rings (SSSR count). The van der Waals surface area contributed by atoms with Crippen molar-refractivity contribution < 1.29 is 0 Å². The van der Waals surface area contributed by atoms with Crippen LogP contribution in [0.15, 0.2) is 48.5 Å². The maximum atomic E-state index is 2.54. The minimum atomic E-state index is -1.49. The van der Waals surface area contributed by atoms with E-state index in [1.54, 1.807) is 14.3 Å². The van der Waals surface area contributed by atoms with Gasteiger partial charge in [0.25, 0.3) is 0 Å². The van der Waals surface area contributed by atoms with Crippen molar-refractivity contribution in [2.45, 2.75) is 9.88 Å². The molecule has 1 heterocycles. The first-order valence-corrected chi connectivity index (χ1v) is 17.1. The van der Waals surface area contributed by atoms with Crippen molar-refractivity contribution in [2.24, 2.45) is 0 Å². The Morgan fingerprint density at radius 3 is 1.06 bits per heavy atom. The van der Waals surface area contributed by atoms with E-state index in [0.29, 0.717) is 0 Å². The summed E-state index contributed by atoms with van der Waals surface area (Å²) in [4.78, 5) is 5.07. The molecule has 16 heavy (non-hydrogen) atoms. The van der Waals surface area contributed by atoms with Crippen molar-refractivity contribution in [3.05, 3.63) is 48.5 Å². The Kier molecular flexibility index (Phi) is 3.04. The van der Waals surface area contributed by atoms with E-state index in [9.17, 15) is 0 Å². The van der Waals surface area contributed by atoms with E-state index in [-0.39, 0.29) is 0 Å². The first kappa shape index (κ1) is 11.1. The Labute approximate surface area is 111 Å². The Hall–Kier alpha value is 0.0374. The van der Waals surface area contributed by atoms with E-state index in [4.69, 9.17) is 0 Å². The molecule has 0 radical (unpaired) electrons. The van der Waals surface area contributed by atoms with Gasteiger partial charge in [-0.1, -0.05) is 0 Å². The number of fused-ring (bicyclic) bond motifs is 2. The van der Waals surface area contributed by atoms with Gasteiger partial charge in [0, 0.05) is 0 Å². The average molecular weight is 420 g/mol. The molecule has 80 valence electrons. The molecule has 0 N–H and O–H groups in total. The Bertz CT molecular complexity index is 438. The fourth-order valence-electron chi connectivity index (χ4n) is 2.56. The summed E-state index contributed by atoms with van der Waals surface area (Å²) in [6.07, 6.45) is 0. The molecule has 1 aliphatic heterocycles. The second-order valence-corrected chi connectivity index (χ2v) is 17.6. The van der Waals surface area contributed by atoms with Gasteiger partial charge in [0.05, 0.1) is 0 Å². The zero-order chi connectivity index (χ0) is 11.1. The summed E-state index contributed by atoms with van der Waals surface area (Å²) < 4.78 is 7.11. The summed E-state index contributed by atoms with van der Waals surface area (Å²) in [5.41, 5.74) is 0. The van der Waals surface area contributed by atoms with E-state index in [0.717, 1.165) is 0 Å². The van der Waals surface area contributed by atoms with Crippen LogP contribution in [-0.2, 0) is 0 Å². The van der Waals surface area contributed by atoms with Crippen LogP contribution < -0.4 is 14.3 Å². The van der Waals surface area contributed by atoms with E-state index in [1.807, 2.05) is 0 Å². The molecule has 0 spiro atoms. The molecule has 1 aliphatic rings. The van der Waals surface area contributed by atoms with Gasteiger partial charge in [-0.25, -0.2) is 0 Å². The number of hydrogen-bond donors (Lipinski definition) is 0. The molecule has 0 aromatic heterocycles. The minimum absolute atomic E-state index is 1.49. The monoisotopic (exact) mass is 422 g/mol. The molecular formula is C14H14Sn2-2. The summed E-state index contributed by atoms with van der Waals surface area (Å²) in [6, 6.07) is 18.5. The molecule has 0 amide bonds. The van der Waals surface area contributed by atoms with Crippen LogP contribution in [0.4, 0.5) is 0 Å². The molecule has 0 atom stereocenters. The molecule has 2 aromatic rings. The first-order valence-electron chi connectivity index (χ1n) is 5.65. The van der Waals surface area contributed by atoms with Gasteiger partial charge in [-0.3, -0.25) is 0 Å². The SMILES string of the molecule is [CH3][Sn-]1[c]2cccc[c]2[Sn-]([CH3])[c]2cccc[c]21. The normalized spacial score (nSPS) is 13.4. The number of hydrogen-bond acceptors (Lipinski definition) is 0. The van der Waals surface area contributed by atoms with E-state index in [1.165, 1.54) is 0 Å². The van der Waals surface area contributed by atoms with Crippen molar-refractivity contribution in [3.63, 3.8) is 0 Å². The van der Waals surface area contributed by atoms with Gasteiger partial charge >= 0.3 is 112 Å². The fraction of sp³-hybridized carbons (Fsp3) is 0.143. The summed E-state index contributed by atoms with van der Waals surface area (Å²) in [5, 5.41) is 0. The molecule has 0 bridgehead atoms. The summed E-state index contributed by atoms with van der Waals surface area (Å²) >= 11 is -2.97. The van der Waals surface area contributed by atoms with Crippen LogP contribution >= 0.6 is 0 Å². The summed E-state index contributed by atoms with van der Waals surface area (Å²) in [5.74, 6) is 0. The van der Waals surface area contributed by atoms with Gasteiger partial charge < -0.3 is 0 Å². The predicted molar refractivity (Wildman–Crippen MR) is 74.7 cm³/mol. The molecule has 0 saturated heterocycles. The second-order valence-electron chi connectivity index (χ2n) is 4.34. The Morgan fingerprint density at radius 2 is 0.812 bits per heavy atom. The van der Waals surface area contributed by atoms with Gasteiger partial charge in [-0.2, -0.15) is 0 Å². The van der Waals surface area contributed by atoms with Crippen LogP contribution in [-0.4, -0.2) is 39.5 Å².